The van der Waals surface area contributed by atoms with Gasteiger partial charge in [-0.05, 0) is 26.3 Å². The minimum absolute atomic E-state index is 0.0561. The van der Waals surface area contributed by atoms with Crippen molar-refractivity contribution < 1.29 is 14.6 Å². The fraction of sp³-hybridized carbons (Fsp3) is 0.545. The van der Waals surface area contributed by atoms with Crippen molar-refractivity contribution >= 4 is 12.0 Å². The van der Waals surface area contributed by atoms with Crippen LogP contribution < -0.4 is 5.32 Å². The summed E-state index contributed by atoms with van der Waals surface area (Å²) in [4.78, 5) is 21.9. The molecule has 9 heteroatoms. The second kappa shape index (κ2) is 6.69. The van der Waals surface area contributed by atoms with Crippen LogP contribution in [0.2, 0.25) is 0 Å². The van der Waals surface area contributed by atoms with Crippen molar-refractivity contribution in [3.8, 4) is 0 Å². The highest BCUT2D eigenvalue weighted by atomic mass is 16.6. The Morgan fingerprint density at radius 3 is 2.60 bits per heavy atom. The van der Waals surface area contributed by atoms with E-state index in [0.717, 1.165) is 0 Å². The largest absolute Gasteiger partial charge is 0.444 e. The molecule has 1 amide bonds. The van der Waals surface area contributed by atoms with Crippen molar-refractivity contribution in [2.45, 2.75) is 32.4 Å². The van der Waals surface area contributed by atoms with Gasteiger partial charge in [0, 0.05) is 22.9 Å². The summed E-state index contributed by atoms with van der Waals surface area (Å²) in [5.74, 6) is 0.0561. The summed E-state index contributed by atoms with van der Waals surface area (Å²) in [6.45, 7) is 4.86. The van der Waals surface area contributed by atoms with E-state index in [1.54, 1.807) is 20.8 Å². The van der Waals surface area contributed by atoms with E-state index in [0.29, 0.717) is 5.56 Å². The van der Waals surface area contributed by atoms with Crippen LogP contribution in [0.25, 0.3) is 10.4 Å². The molecule has 0 fully saturated rings. The molecule has 0 saturated heterocycles. The topological polar surface area (TPSA) is 133 Å². The fourth-order valence-corrected chi connectivity index (χ4v) is 1.24. The molecular weight excluding hydrogens is 264 g/mol. The molecule has 0 aliphatic rings. The molecular formula is C11H16N6O3. The summed E-state index contributed by atoms with van der Waals surface area (Å²) in [5, 5.41) is 14.8. The smallest absolute Gasteiger partial charge is 0.414 e. The Hall–Kier alpha value is -2.38. The van der Waals surface area contributed by atoms with Gasteiger partial charge in [0.2, 0.25) is 5.95 Å². The quantitative estimate of drug-likeness (QED) is 0.495. The molecule has 0 aromatic carbocycles. The summed E-state index contributed by atoms with van der Waals surface area (Å²) < 4.78 is 5.04. The second-order valence-corrected chi connectivity index (χ2v) is 4.87. The monoisotopic (exact) mass is 280 g/mol. The van der Waals surface area contributed by atoms with Gasteiger partial charge in [-0.3, -0.25) is 5.32 Å². The Morgan fingerprint density at radius 2 is 2.15 bits per heavy atom. The van der Waals surface area contributed by atoms with Crippen LogP contribution in [0, 0.1) is 0 Å². The number of azide groups is 1. The summed E-state index contributed by atoms with van der Waals surface area (Å²) >= 11 is 0. The van der Waals surface area contributed by atoms with E-state index >= 15 is 0 Å². The van der Waals surface area contributed by atoms with E-state index in [4.69, 9.17) is 15.4 Å². The van der Waals surface area contributed by atoms with Crippen molar-refractivity contribution in [3.05, 3.63) is 28.4 Å². The maximum Gasteiger partial charge on any atom is 0.414 e. The third-order valence-corrected chi connectivity index (χ3v) is 2.03. The minimum atomic E-state index is -0.754. The van der Waals surface area contributed by atoms with Gasteiger partial charge >= 0.3 is 6.09 Å². The lowest BCUT2D eigenvalue weighted by Gasteiger charge is -2.19. The van der Waals surface area contributed by atoms with Gasteiger partial charge < -0.3 is 9.84 Å². The number of rotatable bonds is 4. The number of aliphatic hydroxyl groups is 1. The highest BCUT2D eigenvalue weighted by molar-refractivity contribution is 5.82. The zero-order chi connectivity index (χ0) is 15.2. The van der Waals surface area contributed by atoms with E-state index in [1.807, 2.05) is 0 Å². The zero-order valence-corrected chi connectivity index (χ0v) is 11.4. The predicted molar refractivity (Wildman–Crippen MR) is 70.9 cm³/mol. The summed E-state index contributed by atoms with van der Waals surface area (Å²) in [7, 11) is 0. The molecule has 0 aliphatic heterocycles. The number of aliphatic hydroxyl groups excluding tert-OH is 1. The van der Waals surface area contributed by atoms with Gasteiger partial charge in [-0.15, -0.1) is 0 Å². The van der Waals surface area contributed by atoms with Crippen molar-refractivity contribution in [1.29, 1.82) is 0 Å². The number of anilines is 1. The molecule has 0 spiro atoms. The Balaban J connectivity index is 2.72. The first kappa shape index (κ1) is 15.7. The lowest BCUT2D eigenvalue weighted by Crippen LogP contribution is -2.27. The molecule has 1 atom stereocenters. The number of aromatic nitrogens is 2. The fourth-order valence-electron chi connectivity index (χ4n) is 1.24. The van der Waals surface area contributed by atoms with Gasteiger partial charge in [0.25, 0.3) is 0 Å². The number of nitrogens with zero attached hydrogens (tertiary/aromatic N) is 5. The average molecular weight is 280 g/mol. The Labute approximate surface area is 115 Å². The SMILES string of the molecule is CC(C)(C)OC(=O)Nc1ncc(C(CO)N=[N+]=[N-])cn1. The Kier molecular flexibility index (Phi) is 5.24. The van der Waals surface area contributed by atoms with Crippen molar-refractivity contribution in [2.75, 3.05) is 11.9 Å². The summed E-state index contributed by atoms with van der Waals surface area (Å²) in [6.07, 6.45) is 2.05. The van der Waals surface area contributed by atoms with Crippen molar-refractivity contribution in [2.24, 2.45) is 5.11 Å². The van der Waals surface area contributed by atoms with Crippen LogP contribution in [-0.4, -0.2) is 33.4 Å². The molecule has 1 rings (SSSR count). The van der Waals surface area contributed by atoms with Crippen molar-refractivity contribution in [1.82, 2.24) is 9.97 Å². The first-order valence-corrected chi connectivity index (χ1v) is 5.82. The van der Waals surface area contributed by atoms with E-state index in [2.05, 4.69) is 25.3 Å². The number of ether oxygens (including phenoxy) is 1. The standard InChI is InChI=1S/C11H16N6O3/c1-11(2,3)20-10(19)15-9-13-4-7(5-14-9)8(6-18)16-17-12/h4-5,8,18H,6H2,1-3H3,(H,13,14,15,19). The maximum absolute atomic E-state index is 11.5. The molecule has 1 unspecified atom stereocenters. The summed E-state index contributed by atoms with van der Waals surface area (Å²) in [5.41, 5.74) is 8.17. The van der Waals surface area contributed by atoms with Crippen LogP contribution in [0.5, 0.6) is 0 Å². The van der Waals surface area contributed by atoms with Gasteiger partial charge in [0.1, 0.15) is 5.60 Å². The van der Waals surface area contributed by atoms with Crippen LogP contribution >= 0.6 is 0 Å². The van der Waals surface area contributed by atoms with Crippen LogP contribution in [0.15, 0.2) is 17.5 Å². The minimum Gasteiger partial charge on any atom is -0.444 e. The highest BCUT2D eigenvalue weighted by Gasteiger charge is 2.17. The Bertz CT molecular complexity index is 504. The van der Waals surface area contributed by atoms with Gasteiger partial charge in [0.05, 0.1) is 12.6 Å². The first-order chi connectivity index (χ1) is 9.35. The first-order valence-electron chi connectivity index (χ1n) is 5.82. The number of hydrogen-bond acceptors (Lipinski definition) is 6. The highest BCUT2D eigenvalue weighted by Crippen LogP contribution is 2.16. The van der Waals surface area contributed by atoms with Crippen LogP contribution in [0.3, 0.4) is 0 Å². The van der Waals surface area contributed by atoms with Gasteiger partial charge in [0.15, 0.2) is 0 Å². The lowest BCUT2D eigenvalue weighted by atomic mass is 10.2. The van der Waals surface area contributed by atoms with Gasteiger partial charge in [-0.2, -0.15) is 0 Å². The van der Waals surface area contributed by atoms with Gasteiger partial charge in [-0.25, -0.2) is 14.8 Å². The van der Waals surface area contributed by atoms with E-state index in [-0.39, 0.29) is 12.6 Å². The van der Waals surface area contributed by atoms with Crippen molar-refractivity contribution in [3.63, 3.8) is 0 Å². The Morgan fingerprint density at radius 1 is 1.55 bits per heavy atom. The number of amides is 1. The molecule has 9 nitrogen and oxygen atoms in total. The maximum atomic E-state index is 11.5. The molecule has 0 radical (unpaired) electrons. The number of carbonyl (C=O) groups excluding carboxylic acids is 1. The number of hydrogen-bond donors (Lipinski definition) is 2. The molecule has 108 valence electrons. The number of carbonyl (C=O) groups is 1. The average Bonchev–Trinajstić information content (AvgIpc) is 2.34. The molecule has 0 saturated carbocycles. The van der Waals surface area contributed by atoms with Crippen LogP contribution in [0.4, 0.5) is 10.7 Å². The third kappa shape index (κ3) is 5.09. The molecule has 1 aromatic rings. The normalized spacial score (nSPS) is 12.2. The second-order valence-electron chi connectivity index (χ2n) is 4.87. The van der Waals surface area contributed by atoms with E-state index in [9.17, 15) is 4.79 Å². The van der Waals surface area contributed by atoms with Gasteiger partial charge in [-0.1, -0.05) is 5.11 Å². The van der Waals surface area contributed by atoms with E-state index in [1.165, 1.54) is 12.4 Å². The molecule has 0 aliphatic carbocycles. The molecule has 0 bridgehead atoms. The molecule has 1 heterocycles. The third-order valence-electron chi connectivity index (χ3n) is 2.03. The predicted octanol–water partition coefficient (Wildman–Crippen LogP) is 2.17. The lowest BCUT2D eigenvalue weighted by molar-refractivity contribution is 0.0634. The van der Waals surface area contributed by atoms with Crippen LogP contribution in [-0.2, 0) is 4.74 Å². The zero-order valence-electron chi connectivity index (χ0n) is 11.4. The molecule has 20 heavy (non-hydrogen) atoms. The number of nitrogens with one attached hydrogen (secondary N) is 1. The summed E-state index contributed by atoms with van der Waals surface area (Å²) in [6, 6.07) is -0.754. The van der Waals surface area contributed by atoms with E-state index < -0.39 is 17.7 Å². The van der Waals surface area contributed by atoms with Crippen LogP contribution in [0.1, 0.15) is 32.4 Å². The molecule has 2 N–H and O–H groups in total. The molecule has 1 aromatic heterocycles.